The maximum absolute atomic E-state index is 13.8. The van der Waals surface area contributed by atoms with Crippen LogP contribution < -0.4 is 10.2 Å². The number of carbonyl (C=O) groups is 2. The quantitative estimate of drug-likeness (QED) is 0.162. The first-order valence-electron chi connectivity index (χ1n) is 14.0. The Kier molecular flexibility index (Phi) is 9.89. The largest absolute Gasteiger partial charge is 0.451 e. The smallest absolute Gasteiger partial charge is 0.287 e. The van der Waals surface area contributed by atoms with E-state index in [-0.39, 0.29) is 24.1 Å². The van der Waals surface area contributed by atoms with E-state index in [1.165, 1.54) is 24.3 Å². The monoisotopic (exact) mass is 607 g/mol. The molecule has 0 aliphatic heterocycles. The SMILES string of the molecule is CSCCCNC(=O)c1ccc(-c2ccc(N(Cc3cncn3Cc3ccc(C#N)cc3)C(=O)c3ccc(F)cc3)cc2)o1. The number of nitrogens with one attached hydrogen (secondary N) is 1. The molecule has 0 atom stereocenters. The molecule has 0 spiro atoms. The van der Waals surface area contributed by atoms with Crippen molar-refractivity contribution < 1.29 is 18.4 Å². The second kappa shape index (κ2) is 14.4. The third kappa shape index (κ3) is 7.43. The van der Waals surface area contributed by atoms with Crippen LogP contribution >= 0.6 is 11.8 Å². The van der Waals surface area contributed by atoms with Gasteiger partial charge in [0, 0.05) is 36.1 Å². The number of thioether (sulfide) groups is 1. The molecule has 0 saturated heterocycles. The fraction of sp³-hybridized carbons (Fsp3) is 0.176. The standard InChI is InChI=1S/C34H30FN5O3S/c1-44-18-2-17-38-33(41)32-16-15-31(43-32)26-9-13-29(14-10-26)40(34(42)27-7-11-28(35)12-8-27)22-30-20-37-23-39(30)21-25-5-3-24(19-36)4-6-25/h3-16,20,23H,2,17-18,21-22H2,1H3,(H,38,41). The average Bonchev–Trinajstić information content (AvgIpc) is 3.73. The van der Waals surface area contributed by atoms with Crippen molar-refractivity contribution in [3.63, 3.8) is 0 Å². The Balaban J connectivity index is 1.37. The Morgan fingerprint density at radius 3 is 2.48 bits per heavy atom. The predicted molar refractivity (Wildman–Crippen MR) is 169 cm³/mol. The van der Waals surface area contributed by atoms with E-state index in [9.17, 15) is 14.0 Å². The number of carbonyl (C=O) groups excluding carboxylic acids is 2. The number of amides is 2. The predicted octanol–water partition coefficient (Wildman–Crippen LogP) is 6.53. The number of benzene rings is 3. The molecule has 0 bridgehead atoms. The summed E-state index contributed by atoms with van der Waals surface area (Å²) in [4.78, 5) is 32.1. The van der Waals surface area contributed by atoms with Crippen molar-refractivity contribution in [3.05, 3.63) is 131 Å². The molecule has 2 amide bonds. The summed E-state index contributed by atoms with van der Waals surface area (Å²) in [5.41, 5.74) is 4.05. The fourth-order valence-corrected chi connectivity index (χ4v) is 5.05. The molecule has 0 aliphatic carbocycles. The number of rotatable bonds is 12. The molecule has 2 aromatic heterocycles. The summed E-state index contributed by atoms with van der Waals surface area (Å²) in [5, 5.41) is 12.0. The summed E-state index contributed by atoms with van der Waals surface area (Å²) in [5.74, 6) is 0.741. The first-order chi connectivity index (χ1) is 21.4. The lowest BCUT2D eigenvalue weighted by Gasteiger charge is -2.24. The molecule has 5 aromatic rings. The number of furan rings is 1. The van der Waals surface area contributed by atoms with Crippen LogP contribution in [0.15, 0.2) is 102 Å². The number of hydrogen-bond acceptors (Lipinski definition) is 6. The van der Waals surface area contributed by atoms with Gasteiger partial charge in [0.1, 0.15) is 11.6 Å². The first kappa shape index (κ1) is 30.3. The van der Waals surface area contributed by atoms with Crippen LogP contribution in [-0.4, -0.2) is 39.9 Å². The van der Waals surface area contributed by atoms with Gasteiger partial charge in [-0.3, -0.25) is 9.59 Å². The second-order valence-electron chi connectivity index (χ2n) is 10.0. The van der Waals surface area contributed by atoms with Crippen LogP contribution in [0, 0.1) is 17.1 Å². The number of hydrogen-bond donors (Lipinski definition) is 1. The molecule has 1 N–H and O–H groups in total. The molecule has 3 aromatic carbocycles. The minimum absolute atomic E-state index is 0.202. The van der Waals surface area contributed by atoms with Gasteiger partial charge in [0.2, 0.25) is 0 Å². The summed E-state index contributed by atoms with van der Waals surface area (Å²) in [6, 6.07) is 25.5. The van der Waals surface area contributed by atoms with E-state index >= 15 is 0 Å². The van der Waals surface area contributed by atoms with Crippen LogP contribution in [0.2, 0.25) is 0 Å². The fourth-order valence-electron chi connectivity index (χ4n) is 4.62. The van der Waals surface area contributed by atoms with Crippen LogP contribution in [0.25, 0.3) is 11.3 Å². The van der Waals surface area contributed by atoms with E-state index in [2.05, 4.69) is 16.4 Å². The highest BCUT2D eigenvalue weighted by Crippen LogP contribution is 2.27. The molecule has 0 unspecified atom stereocenters. The van der Waals surface area contributed by atoms with E-state index in [4.69, 9.17) is 9.68 Å². The van der Waals surface area contributed by atoms with Crippen molar-refractivity contribution in [2.75, 3.05) is 23.5 Å². The van der Waals surface area contributed by atoms with Crippen LogP contribution in [0.4, 0.5) is 10.1 Å². The summed E-state index contributed by atoms with van der Waals surface area (Å²) < 4.78 is 21.4. The van der Waals surface area contributed by atoms with Crippen LogP contribution in [0.5, 0.6) is 0 Å². The number of nitrogens with zero attached hydrogens (tertiary/aromatic N) is 4. The van der Waals surface area contributed by atoms with Gasteiger partial charge in [-0.15, -0.1) is 0 Å². The topological polar surface area (TPSA) is 104 Å². The van der Waals surface area contributed by atoms with Crippen molar-refractivity contribution in [1.82, 2.24) is 14.9 Å². The first-order valence-corrected chi connectivity index (χ1v) is 15.4. The van der Waals surface area contributed by atoms with Gasteiger partial charge in [-0.25, -0.2) is 9.37 Å². The molecule has 0 radical (unpaired) electrons. The molecule has 5 rings (SSSR count). The minimum atomic E-state index is -0.426. The van der Waals surface area contributed by atoms with E-state index in [0.29, 0.717) is 35.7 Å². The number of anilines is 1. The van der Waals surface area contributed by atoms with Gasteiger partial charge < -0.3 is 19.2 Å². The molecule has 0 fully saturated rings. The number of nitriles is 1. The lowest BCUT2D eigenvalue weighted by atomic mass is 10.1. The number of aromatic nitrogens is 2. The van der Waals surface area contributed by atoms with Gasteiger partial charge in [0.05, 0.1) is 30.2 Å². The molecular formula is C34H30FN5O3S. The van der Waals surface area contributed by atoms with Crippen molar-refractivity contribution in [2.24, 2.45) is 0 Å². The minimum Gasteiger partial charge on any atom is -0.451 e. The molecule has 8 nitrogen and oxygen atoms in total. The third-order valence-corrected chi connectivity index (χ3v) is 7.69. The zero-order valence-corrected chi connectivity index (χ0v) is 24.9. The summed E-state index contributed by atoms with van der Waals surface area (Å²) >= 11 is 1.73. The molecule has 2 heterocycles. The molecule has 44 heavy (non-hydrogen) atoms. The van der Waals surface area contributed by atoms with E-state index < -0.39 is 5.82 Å². The normalized spacial score (nSPS) is 10.8. The molecule has 0 saturated carbocycles. The maximum atomic E-state index is 13.8. The van der Waals surface area contributed by atoms with E-state index in [1.807, 2.05) is 47.2 Å². The van der Waals surface area contributed by atoms with Gasteiger partial charge >= 0.3 is 0 Å². The second-order valence-corrected chi connectivity index (χ2v) is 11.0. The Hall–Kier alpha value is -5.14. The highest BCUT2D eigenvalue weighted by Gasteiger charge is 2.21. The summed E-state index contributed by atoms with van der Waals surface area (Å²) in [6.45, 7) is 1.28. The van der Waals surface area contributed by atoms with Gasteiger partial charge in [-0.05, 0) is 96.8 Å². The summed E-state index contributed by atoms with van der Waals surface area (Å²) in [6.07, 6.45) is 6.31. The highest BCUT2D eigenvalue weighted by atomic mass is 32.2. The van der Waals surface area contributed by atoms with Gasteiger partial charge in [-0.1, -0.05) is 12.1 Å². The molecular weight excluding hydrogens is 577 g/mol. The lowest BCUT2D eigenvalue weighted by Crippen LogP contribution is -2.31. The molecule has 0 aliphatic rings. The van der Waals surface area contributed by atoms with Crippen LogP contribution in [0.3, 0.4) is 0 Å². The van der Waals surface area contributed by atoms with Gasteiger partial charge in [-0.2, -0.15) is 17.0 Å². The van der Waals surface area contributed by atoms with Crippen molar-refractivity contribution >= 4 is 29.3 Å². The van der Waals surface area contributed by atoms with Crippen LogP contribution in [0.1, 0.15) is 44.2 Å². The zero-order valence-electron chi connectivity index (χ0n) is 24.1. The van der Waals surface area contributed by atoms with E-state index in [1.54, 1.807) is 53.5 Å². The number of halogens is 1. The Bertz CT molecular complexity index is 1760. The van der Waals surface area contributed by atoms with Crippen molar-refractivity contribution in [2.45, 2.75) is 19.5 Å². The Labute approximate surface area is 259 Å². The van der Waals surface area contributed by atoms with Crippen molar-refractivity contribution in [1.29, 1.82) is 5.26 Å². The highest BCUT2D eigenvalue weighted by molar-refractivity contribution is 7.98. The lowest BCUT2D eigenvalue weighted by molar-refractivity contribution is 0.0926. The number of imidazole rings is 1. The maximum Gasteiger partial charge on any atom is 0.287 e. The zero-order chi connectivity index (χ0) is 30.9. The Morgan fingerprint density at radius 1 is 1.02 bits per heavy atom. The van der Waals surface area contributed by atoms with Crippen molar-refractivity contribution in [3.8, 4) is 17.4 Å². The van der Waals surface area contributed by atoms with Gasteiger partial charge in [0.15, 0.2) is 5.76 Å². The molecule has 10 heteroatoms. The van der Waals surface area contributed by atoms with Gasteiger partial charge in [0.25, 0.3) is 11.8 Å². The Morgan fingerprint density at radius 2 is 1.77 bits per heavy atom. The molecule has 222 valence electrons. The third-order valence-electron chi connectivity index (χ3n) is 6.99. The summed E-state index contributed by atoms with van der Waals surface area (Å²) in [7, 11) is 0. The average molecular weight is 608 g/mol. The van der Waals surface area contributed by atoms with E-state index in [0.717, 1.165) is 29.0 Å². The van der Waals surface area contributed by atoms with Crippen LogP contribution in [-0.2, 0) is 13.1 Å².